The molecule has 2 rings (SSSR count). The van der Waals surface area contributed by atoms with Gasteiger partial charge < -0.3 is 4.74 Å². The van der Waals surface area contributed by atoms with E-state index in [-0.39, 0.29) is 0 Å². The molecule has 0 aliphatic carbocycles. The summed E-state index contributed by atoms with van der Waals surface area (Å²) in [6.07, 6.45) is 0.839. The summed E-state index contributed by atoms with van der Waals surface area (Å²) >= 11 is 0. The molecule has 0 heterocycles. The summed E-state index contributed by atoms with van der Waals surface area (Å²) in [5.74, 6) is 0.771. The van der Waals surface area contributed by atoms with Crippen LogP contribution in [0.5, 0.6) is 5.75 Å². The first-order chi connectivity index (χ1) is 9.11. The summed E-state index contributed by atoms with van der Waals surface area (Å²) in [6, 6.07) is 11.7. The van der Waals surface area contributed by atoms with Crippen molar-refractivity contribution in [3.8, 4) is 5.75 Å². The fourth-order valence-electron chi connectivity index (χ4n) is 2.07. The molecule has 0 atom stereocenters. The summed E-state index contributed by atoms with van der Waals surface area (Å²) in [7, 11) is 0. The Bertz CT molecular complexity index is 580. The minimum atomic E-state index is 0.529. The molecule has 2 aromatic carbocycles. The smallest absolute Gasteiger partial charge is 0.150 e. The number of carbonyl (C=O) groups is 1. The molecule has 0 saturated heterocycles. The molecule has 0 aliphatic heterocycles. The number of carbonyl (C=O) groups excluding carboxylic acids is 1. The zero-order valence-corrected chi connectivity index (χ0v) is 11.6. The van der Waals surface area contributed by atoms with E-state index in [9.17, 15) is 4.79 Å². The first-order valence-electron chi connectivity index (χ1n) is 6.35. The van der Waals surface area contributed by atoms with E-state index in [0.717, 1.165) is 17.6 Å². The minimum Gasteiger partial charge on any atom is -0.489 e. The highest BCUT2D eigenvalue weighted by Gasteiger charge is 2.05. The molecule has 0 amide bonds. The van der Waals surface area contributed by atoms with Gasteiger partial charge in [0.05, 0.1) is 0 Å². The van der Waals surface area contributed by atoms with E-state index in [1.54, 1.807) is 12.1 Å². The van der Waals surface area contributed by atoms with Crippen molar-refractivity contribution in [2.45, 2.75) is 27.4 Å². The third-order valence-corrected chi connectivity index (χ3v) is 3.36. The van der Waals surface area contributed by atoms with Crippen molar-refractivity contribution < 1.29 is 9.53 Å². The minimum absolute atomic E-state index is 0.529. The third-order valence-electron chi connectivity index (χ3n) is 3.36. The van der Waals surface area contributed by atoms with Crippen LogP contribution in [-0.4, -0.2) is 6.29 Å². The lowest BCUT2D eigenvalue weighted by Crippen LogP contribution is -2.02. The maximum absolute atomic E-state index is 10.8. The quantitative estimate of drug-likeness (QED) is 0.771. The van der Waals surface area contributed by atoms with Crippen molar-refractivity contribution in [3.63, 3.8) is 0 Å². The monoisotopic (exact) mass is 254 g/mol. The molecule has 0 N–H and O–H groups in total. The highest BCUT2D eigenvalue weighted by atomic mass is 16.5. The topological polar surface area (TPSA) is 26.3 Å². The van der Waals surface area contributed by atoms with Crippen LogP contribution in [0.4, 0.5) is 0 Å². The molecule has 0 aromatic heterocycles. The van der Waals surface area contributed by atoms with Gasteiger partial charge in [0.25, 0.3) is 0 Å². The molecule has 2 aromatic rings. The van der Waals surface area contributed by atoms with Crippen molar-refractivity contribution >= 4 is 6.29 Å². The molecule has 0 saturated carbocycles. The van der Waals surface area contributed by atoms with Crippen LogP contribution in [0.25, 0.3) is 0 Å². The van der Waals surface area contributed by atoms with Crippen LogP contribution in [0.3, 0.4) is 0 Å². The van der Waals surface area contributed by atoms with Gasteiger partial charge in [-0.1, -0.05) is 30.3 Å². The van der Waals surface area contributed by atoms with Gasteiger partial charge in [0.1, 0.15) is 18.6 Å². The second-order valence-electron chi connectivity index (χ2n) is 4.80. The number of aldehydes is 1. The molecular weight excluding hydrogens is 236 g/mol. The Morgan fingerprint density at radius 3 is 2.32 bits per heavy atom. The Balaban J connectivity index is 2.21. The van der Waals surface area contributed by atoms with E-state index in [1.165, 1.54) is 16.7 Å². The standard InChI is InChI=1S/C17H18O2/c1-12-5-4-6-13(2)16(12)11-19-17-9-15(10-18)8-7-14(17)3/h4-10H,11H2,1-3H3. The Kier molecular flexibility index (Phi) is 4.00. The van der Waals surface area contributed by atoms with Crippen LogP contribution < -0.4 is 4.74 Å². The molecule has 2 nitrogen and oxygen atoms in total. The number of hydrogen-bond acceptors (Lipinski definition) is 2. The molecule has 0 fully saturated rings. The van der Waals surface area contributed by atoms with Gasteiger partial charge in [0, 0.05) is 5.56 Å². The average Bonchev–Trinajstić information content (AvgIpc) is 2.40. The van der Waals surface area contributed by atoms with Gasteiger partial charge >= 0.3 is 0 Å². The second kappa shape index (κ2) is 5.70. The van der Waals surface area contributed by atoms with E-state index in [1.807, 2.05) is 19.1 Å². The Morgan fingerprint density at radius 1 is 1.00 bits per heavy atom. The molecule has 98 valence electrons. The molecular formula is C17H18O2. The lowest BCUT2D eigenvalue weighted by Gasteiger charge is -2.13. The Hall–Kier alpha value is -2.09. The predicted molar refractivity (Wildman–Crippen MR) is 76.8 cm³/mol. The fraction of sp³-hybridized carbons (Fsp3) is 0.235. The number of hydrogen-bond donors (Lipinski definition) is 0. The van der Waals surface area contributed by atoms with Crippen LogP contribution >= 0.6 is 0 Å². The molecule has 2 heteroatoms. The summed E-state index contributed by atoms with van der Waals surface area (Å²) in [6.45, 7) is 6.68. The predicted octanol–water partition coefficient (Wildman–Crippen LogP) is 4.00. The normalized spacial score (nSPS) is 10.3. The van der Waals surface area contributed by atoms with Crippen molar-refractivity contribution in [2.75, 3.05) is 0 Å². The average molecular weight is 254 g/mol. The number of rotatable bonds is 4. The Morgan fingerprint density at radius 2 is 1.68 bits per heavy atom. The van der Waals surface area contributed by atoms with Gasteiger partial charge in [-0.05, 0) is 49.1 Å². The fourth-order valence-corrected chi connectivity index (χ4v) is 2.07. The van der Waals surface area contributed by atoms with Gasteiger partial charge in [0.2, 0.25) is 0 Å². The van der Waals surface area contributed by atoms with Gasteiger partial charge in [-0.25, -0.2) is 0 Å². The highest BCUT2D eigenvalue weighted by molar-refractivity contribution is 5.75. The van der Waals surface area contributed by atoms with E-state index < -0.39 is 0 Å². The number of aryl methyl sites for hydroxylation is 3. The molecule has 0 unspecified atom stereocenters. The highest BCUT2D eigenvalue weighted by Crippen LogP contribution is 2.22. The van der Waals surface area contributed by atoms with E-state index in [0.29, 0.717) is 12.2 Å². The van der Waals surface area contributed by atoms with Gasteiger partial charge in [0.15, 0.2) is 0 Å². The van der Waals surface area contributed by atoms with Crippen LogP contribution in [-0.2, 0) is 6.61 Å². The van der Waals surface area contributed by atoms with Crippen molar-refractivity contribution in [3.05, 3.63) is 64.2 Å². The lowest BCUT2D eigenvalue weighted by molar-refractivity contribution is 0.112. The molecule has 0 aliphatic rings. The largest absolute Gasteiger partial charge is 0.489 e. The van der Waals surface area contributed by atoms with Crippen LogP contribution in [0.2, 0.25) is 0 Å². The van der Waals surface area contributed by atoms with Gasteiger partial charge in [-0.15, -0.1) is 0 Å². The lowest BCUT2D eigenvalue weighted by atomic mass is 10.0. The second-order valence-corrected chi connectivity index (χ2v) is 4.80. The molecule has 0 radical (unpaired) electrons. The molecule has 0 bridgehead atoms. The maximum Gasteiger partial charge on any atom is 0.150 e. The summed E-state index contributed by atoms with van der Waals surface area (Å²) in [4.78, 5) is 10.8. The van der Waals surface area contributed by atoms with Crippen LogP contribution in [0.15, 0.2) is 36.4 Å². The van der Waals surface area contributed by atoms with Gasteiger partial charge in [-0.2, -0.15) is 0 Å². The maximum atomic E-state index is 10.8. The van der Waals surface area contributed by atoms with E-state index in [2.05, 4.69) is 26.0 Å². The number of ether oxygens (including phenoxy) is 1. The first-order valence-corrected chi connectivity index (χ1v) is 6.35. The van der Waals surface area contributed by atoms with Crippen LogP contribution in [0.1, 0.15) is 32.6 Å². The Labute approximate surface area is 114 Å². The summed E-state index contributed by atoms with van der Waals surface area (Å²) in [5.41, 5.74) is 5.34. The van der Waals surface area contributed by atoms with Crippen molar-refractivity contribution in [1.29, 1.82) is 0 Å². The van der Waals surface area contributed by atoms with E-state index >= 15 is 0 Å². The zero-order chi connectivity index (χ0) is 13.8. The van der Waals surface area contributed by atoms with Gasteiger partial charge in [-0.3, -0.25) is 4.79 Å². The third kappa shape index (κ3) is 3.02. The number of benzene rings is 2. The first kappa shape index (κ1) is 13.3. The molecule has 19 heavy (non-hydrogen) atoms. The SMILES string of the molecule is Cc1ccc(C=O)cc1OCc1c(C)cccc1C. The zero-order valence-electron chi connectivity index (χ0n) is 11.6. The van der Waals surface area contributed by atoms with Crippen molar-refractivity contribution in [1.82, 2.24) is 0 Å². The summed E-state index contributed by atoms with van der Waals surface area (Å²) < 4.78 is 5.87. The van der Waals surface area contributed by atoms with Crippen LogP contribution in [0, 0.1) is 20.8 Å². The van der Waals surface area contributed by atoms with Crippen molar-refractivity contribution in [2.24, 2.45) is 0 Å². The summed E-state index contributed by atoms with van der Waals surface area (Å²) in [5, 5.41) is 0. The molecule has 0 spiro atoms. The van der Waals surface area contributed by atoms with E-state index in [4.69, 9.17) is 4.74 Å².